The summed E-state index contributed by atoms with van der Waals surface area (Å²) in [4.78, 5) is 13.9. The minimum Gasteiger partial charge on any atom is -0.346 e. The number of carbonyl (C=O) groups is 1. The largest absolute Gasteiger partial charge is 0.346 e. The molecule has 1 N–H and O–H groups in total. The van der Waals surface area contributed by atoms with Gasteiger partial charge in [-0.1, -0.05) is 0 Å². The minimum absolute atomic E-state index is 0.0410. The molecular weight excluding hydrogens is 368 g/mol. The zero-order valence-electron chi connectivity index (χ0n) is 16.7. The molecule has 1 aliphatic rings. The summed E-state index contributed by atoms with van der Waals surface area (Å²) in [5.74, 6) is -0.466. The molecular formula is C22H24N4OS. The monoisotopic (exact) mass is 392 g/mol. The van der Waals surface area contributed by atoms with Gasteiger partial charge in [0.2, 0.25) is 0 Å². The van der Waals surface area contributed by atoms with E-state index in [4.69, 9.17) is 0 Å². The molecule has 0 aromatic carbocycles. The first-order valence-electron chi connectivity index (χ1n) is 9.53. The van der Waals surface area contributed by atoms with Crippen molar-refractivity contribution in [2.45, 2.75) is 59.4 Å². The van der Waals surface area contributed by atoms with Gasteiger partial charge in [-0.25, -0.2) is 0 Å². The van der Waals surface area contributed by atoms with Crippen LogP contribution in [0.4, 0.5) is 5.00 Å². The number of hydrogen-bond acceptors (Lipinski definition) is 4. The Bertz CT molecular complexity index is 1040. The van der Waals surface area contributed by atoms with E-state index in [9.17, 15) is 15.3 Å². The van der Waals surface area contributed by atoms with Gasteiger partial charge in [0.1, 0.15) is 22.7 Å². The second kappa shape index (κ2) is 8.04. The van der Waals surface area contributed by atoms with Gasteiger partial charge >= 0.3 is 0 Å². The van der Waals surface area contributed by atoms with E-state index in [1.807, 2.05) is 26.0 Å². The second-order valence-corrected chi connectivity index (χ2v) is 8.55. The summed E-state index contributed by atoms with van der Waals surface area (Å²) in [6.45, 7) is 8.22. The lowest BCUT2D eigenvalue weighted by Crippen LogP contribution is -2.13. The van der Waals surface area contributed by atoms with Crippen LogP contribution in [0.5, 0.6) is 0 Å². The first-order valence-corrected chi connectivity index (χ1v) is 10.3. The Kier molecular flexibility index (Phi) is 5.72. The van der Waals surface area contributed by atoms with Gasteiger partial charge in [-0.05, 0) is 76.6 Å². The van der Waals surface area contributed by atoms with Gasteiger partial charge in [-0.2, -0.15) is 10.5 Å². The van der Waals surface area contributed by atoms with Crippen LogP contribution in [0.15, 0.2) is 11.6 Å². The van der Waals surface area contributed by atoms with E-state index in [1.54, 1.807) is 6.08 Å². The van der Waals surface area contributed by atoms with Crippen molar-refractivity contribution in [1.29, 1.82) is 10.5 Å². The van der Waals surface area contributed by atoms with Crippen molar-refractivity contribution in [3.63, 3.8) is 0 Å². The van der Waals surface area contributed by atoms with Crippen LogP contribution in [0.3, 0.4) is 0 Å². The molecule has 0 fully saturated rings. The SMILES string of the molecule is Cc1cc(C=C(C#N)C(=O)Nc2sc3c(c2C#N)CCCC3)c(C)n1C(C)C. The Morgan fingerprint density at radius 1 is 1.29 bits per heavy atom. The van der Waals surface area contributed by atoms with Crippen molar-refractivity contribution in [3.8, 4) is 12.1 Å². The number of amides is 1. The smallest absolute Gasteiger partial charge is 0.266 e. The van der Waals surface area contributed by atoms with E-state index in [2.05, 4.69) is 29.8 Å². The number of rotatable bonds is 4. The Morgan fingerprint density at radius 2 is 2.00 bits per heavy atom. The van der Waals surface area contributed by atoms with Crippen molar-refractivity contribution < 1.29 is 4.79 Å². The molecule has 144 valence electrons. The highest BCUT2D eigenvalue weighted by Gasteiger charge is 2.23. The Hall–Kier alpha value is -2.83. The fourth-order valence-electron chi connectivity index (χ4n) is 3.99. The molecule has 3 rings (SSSR count). The molecule has 0 saturated carbocycles. The molecule has 0 radical (unpaired) electrons. The van der Waals surface area contributed by atoms with Crippen LogP contribution in [0.25, 0.3) is 6.08 Å². The number of aromatic nitrogens is 1. The molecule has 28 heavy (non-hydrogen) atoms. The molecule has 0 aliphatic heterocycles. The summed E-state index contributed by atoms with van der Waals surface area (Å²) >= 11 is 1.47. The summed E-state index contributed by atoms with van der Waals surface area (Å²) in [6.07, 6.45) is 5.65. The minimum atomic E-state index is -0.466. The van der Waals surface area contributed by atoms with Crippen LogP contribution >= 0.6 is 11.3 Å². The standard InChI is InChI=1S/C22H24N4OS/c1-13(2)26-14(3)9-16(15(26)4)10-17(11-23)21(27)25-22-19(12-24)18-7-5-6-8-20(18)28-22/h9-10,13H,5-8H2,1-4H3,(H,25,27). The maximum Gasteiger partial charge on any atom is 0.266 e. The van der Waals surface area contributed by atoms with Crippen LogP contribution < -0.4 is 5.32 Å². The van der Waals surface area contributed by atoms with Crippen LogP contribution in [-0.2, 0) is 17.6 Å². The highest BCUT2D eigenvalue weighted by molar-refractivity contribution is 7.16. The predicted octanol–water partition coefficient (Wildman–Crippen LogP) is 5.04. The van der Waals surface area contributed by atoms with Crippen LogP contribution in [0.2, 0.25) is 0 Å². The summed E-state index contributed by atoms with van der Waals surface area (Å²) < 4.78 is 2.18. The van der Waals surface area contributed by atoms with Crippen molar-refractivity contribution in [2.75, 3.05) is 5.32 Å². The van der Waals surface area contributed by atoms with Gasteiger partial charge in [0.25, 0.3) is 5.91 Å². The molecule has 0 saturated heterocycles. The summed E-state index contributed by atoms with van der Waals surface area (Å²) in [7, 11) is 0. The Balaban J connectivity index is 1.91. The molecule has 5 nitrogen and oxygen atoms in total. The van der Waals surface area contributed by atoms with E-state index in [0.717, 1.165) is 48.2 Å². The third-order valence-electron chi connectivity index (χ3n) is 5.21. The first kappa shape index (κ1) is 19.9. The van der Waals surface area contributed by atoms with Crippen molar-refractivity contribution in [1.82, 2.24) is 4.57 Å². The number of anilines is 1. The molecule has 2 heterocycles. The molecule has 0 unspecified atom stereocenters. The van der Waals surface area contributed by atoms with E-state index in [0.29, 0.717) is 16.6 Å². The first-order chi connectivity index (χ1) is 13.4. The van der Waals surface area contributed by atoms with Crippen LogP contribution in [0, 0.1) is 36.5 Å². The summed E-state index contributed by atoms with van der Waals surface area (Å²) in [5, 5.41) is 22.5. The number of nitrogens with zero attached hydrogens (tertiary/aromatic N) is 3. The molecule has 0 atom stereocenters. The van der Waals surface area contributed by atoms with E-state index in [-0.39, 0.29) is 5.57 Å². The van der Waals surface area contributed by atoms with Gasteiger partial charge in [0.15, 0.2) is 0 Å². The van der Waals surface area contributed by atoms with Crippen LogP contribution in [-0.4, -0.2) is 10.5 Å². The summed E-state index contributed by atoms with van der Waals surface area (Å²) in [6, 6.07) is 6.55. The third-order valence-corrected chi connectivity index (χ3v) is 6.42. The van der Waals surface area contributed by atoms with Gasteiger partial charge in [-0.15, -0.1) is 11.3 Å². The lowest BCUT2D eigenvalue weighted by molar-refractivity contribution is -0.112. The zero-order valence-corrected chi connectivity index (χ0v) is 17.5. The van der Waals surface area contributed by atoms with Gasteiger partial charge in [0.05, 0.1) is 5.56 Å². The predicted molar refractivity (Wildman–Crippen MR) is 112 cm³/mol. The highest BCUT2D eigenvalue weighted by atomic mass is 32.1. The fourth-order valence-corrected chi connectivity index (χ4v) is 5.22. The molecule has 1 amide bonds. The second-order valence-electron chi connectivity index (χ2n) is 7.44. The van der Waals surface area contributed by atoms with E-state index < -0.39 is 5.91 Å². The number of nitriles is 2. The molecule has 1 aliphatic carbocycles. The maximum atomic E-state index is 12.8. The highest BCUT2D eigenvalue weighted by Crippen LogP contribution is 2.37. The lowest BCUT2D eigenvalue weighted by atomic mass is 9.96. The summed E-state index contributed by atoms with van der Waals surface area (Å²) in [5.41, 5.74) is 4.65. The van der Waals surface area contributed by atoms with Crippen molar-refractivity contribution in [3.05, 3.63) is 44.6 Å². The number of thiophene rings is 1. The Labute approximate surface area is 169 Å². The van der Waals surface area contributed by atoms with E-state index >= 15 is 0 Å². The average Bonchev–Trinajstić information content (AvgIpc) is 3.15. The average molecular weight is 393 g/mol. The van der Waals surface area contributed by atoms with Crippen molar-refractivity contribution >= 4 is 28.3 Å². The van der Waals surface area contributed by atoms with E-state index in [1.165, 1.54) is 16.2 Å². The van der Waals surface area contributed by atoms with Gasteiger partial charge < -0.3 is 9.88 Å². The number of nitrogens with one attached hydrogen (secondary N) is 1. The molecule has 0 bridgehead atoms. The normalized spacial score (nSPS) is 13.8. The number of hydrogen-bond donors (Lipinski definition) is 1. The maximum absolute atomic E-state index is 12.8. The quantitative estimate of drug-likeness (QED) is 0.584. The number of carbonyl (C=O) groups excluding carboxylic acids is 1. The molecule has 0 spiro atoms. The van der Waals surface area contributed by atoms with Crippen LogP contribution in [0.1, 0.15) is 65.7 Å². The number of aryl methyl sites for hydroxylation is 2. The van der Waals surface area contributed by atoms with Gasteiger partial charge in [-0.3, -0.25) is 4.79 Å². The molecule has 2 aromatic heterocycles. The third kappa shape index (κ3) is 3.61. The Morgan fingerprint density at radius 3 is 2.61 bits per heavy atom. The number of fused-ring (bicyclic) bond motifs is 1. The lowest BCUT2D eigenvalue weighted by Gasteiger charge is -2.13. The fraction of sp³-hybridized carbons (Fsp3) is 0.409. The molecule has 2 aromatic rings. The zero-order chi connectivity index (χ0) is 20.4. The van der Waals surface area contributed by atoms with Gasteiger partial charge in [0, 0.05) is 22.3 Å². The van der Waals surface area contributed by atoms with Crippen molar-refractivity contribution in [2.24, 2.45) is 0 Å². The molecule has 6 heteroatoms. The topological polar surface area (TPSA) is 81.6 Å².